The molecule has 15 heavy (non-hydrogen) atoms. The van der Waals surface area contributed by atoms with Crippen molar-refractivity contribution >= 4 is 5.78 Å². The maximum absolute atomic E-state index is 10.7. The van der Waals surface area contributed by atoms with Crippen molar-refractivity contribution in [1.82, 2.24) is 0 Å². The Bertz CT molecular complexity index is 267. The first-order valence-electron chi connectivity index (χ1n) is 5.38. The molecule has 0 spiro atoms. The van der Waals surface area contributed by atoms with Crippen molar-refractivity contribution in [1.29, 1.82) is 0 Å². The molecule has 0 saturated heterocycles. The normalized spacial score (nSPS) is 11.1. The molecule has 0 aromatic heterocycles. The third-order valence-electron chi connectivity index (χ3n) is 2.27. The molecule has 84 valence electrons. The van der Waals surface area contributed by atoms with Crippen molar-refractivity contribution in [3.63, 3.8) is 0 Å². The Morgan fingerprint density at radius 3 is 2.00 bits per heavy atom. The summed E-state index contributed by atoms with van der Waals surface area (Å²) in [5, 5.41) is 8.63. The molecule has 0 aliphatic heterocycles. The summed E-state index contributed by atoms with van der Waals surface area (Å²) in [6, 6.07) is 8.71. The number of hydrogen-bond acceptors (Lipinski definition) is 2. The van der Waals surface area contributed by atoms with Crippen LogP contribution < -0.4 is 0 Å². The predicted molar refractivity (Wildman–Crippen MR) is 62.9 cm³/mol. The number of aromatic hydroxyl groups is 1. The molecule has 2 nitrogen and oxygen atoms in total. The highest BCUT2D eigenvalue weighted by Gasteiger charge is 2.05. The number of phenols is 1. The van der Waals surface area contributed by atoms with Crippen LogP contribution >= 0.6 is 0 Å². The Morgan fingerprint density at radius 2 is 1.80 bits per heavy atom. The number of ketones is 1. The smallest absolute Gasteiger partial charge is 0.135 e. The van der Waals surface area contributed by atoms with Gasteiger partial charge in [0.15, 0.2) is 0 Å². The fraction of sp³-hybridized carbons (Fsp3) is 0.462. The molecule has 1 atom stereocenters. The van der Waals surface area contributed by atoms with Crippen molar-refractivity contribution in [2.24, 2.45) is 5.92 Å². The summed E-state index contributed by atoms with van der Waals surface area (Å²) in [5.41, 5.74) is 0. The van der Waals surface area contributed by atoms with Gasteiger partial charge in [-0.15, -0.1) is 0 Å². The average Bonchev–Trinajstić information content (AvgIpc) is 2.29. The molecule has 1 rings (SSSR count). The molecule has 0 aliphatic carbocycles. The average molecular weight is 208 g/mol. The summed E-state index contributed by atoms with van der Waals surface area (Å²) in [6.45, 7) is 5.93. The van der Waals surface area contributed by atoms with E-state index in [0.29, 0.717) is 18.0 Å². The van der Waals surface area contributed by atoms with Crippen molar-refractivity contribution in [3.05, 3.63) is 30.3 Å². The van der Waals surface area contributed by atoms with Crippen LogP contribution in [0.1, 0.15) is 33.6 Å². The zero-order valence-corrected chi connectivity index (χ0v) is 9.73. The molecule has 0 bridgehead atoms. The first kappa shape index (κ1) is 13.7. The van der Waals surface area contributed by atoms with E-state index in [1.165, 1.54) is 0 Å². The van der Waals surface area contributed by atoms with Gasteiger partial charge in [-0.25, -0.2) is 0 Å². The quantitative estimate of drug-likeness (QED) is 0.826. The maximum Gasteiger partial charge on any atom is 0.135 e. The van der Waals surface area contributed by atoms with E-state index in [9.17, 15) is 4.79 Å². The molecule has 1 N–H and O–H groups in total. The van der Waals surface area contributed by atoms with E-state index in [4.69, 9.17) is 5.11 Å². The fourth-order valence-corrected chi connectivity index (χ4v) is 1.00. The molecule has 0 aliphatic rings. The lowest BCUT2D eigenvalue weighted by Crippen LogP contribution is -2.06. The molecule has 0 radical (unpaired) electrons. The molecular weight excluding hydrogens is 188 g/mol. The summed E-state index contributed by atoms with van der Waals surface area (Å²) in [7, 11) is 0. The lowest BCUT2D eigenvalue weighted by atomic mass is 10.0. The summed E-state index contributed by atoms with van der Waals surface area (Å²) in [6.07, 6.45) is 1.67. The Hall–Kier alpha value is -1.31. The van der Waals surface area contributed by atoms with Gasteiger partial charge in [-0.3, -0.25) is 4.79 Å². The van der Waals surface area contributed by atoms with Crippen LogP contribution in [-0.4, -0.2) is 10.9 Å². The van der Waals surface area contributed by atoms with Crippen LogP contribution in [0.4, 0.5) is 0 Å². The van der Waals surface area contributed by atoms with Gasteiger partial charge in [0.05, 0.1) is 0 Å². The van der Waals surface area contributed by atoms with Crippen LogP contribution in [-0.2, 0) is 4.79 Å². The third-order valence-corrected chi connectivity index (χ3v) is 2.27. The SMILES string of the molecule is CCC(=O)C(C)CC.Oc1ccccc1. The van der Waals surface area contributed by atoms with Gasteiger partial charge in [-0.2, -0.15) is 0 Å². The lowest BCUT2D eigenvalue weighted by molar-refractivity contribution is -0.122. The lowest BCUT2D eigenvalue weighted by Gasteiger charge is -2.02. The molecule has 0 fully saturated rings. The molecule has 1 unspecified atom stereocenters. The molecular formula is C13H20O2. The second kappa shape index (κ2) is 8.04. The minimum atomic E-state index is 0.278. The van der Waals surface area contributed by atoms with Crippen LogP contribution in [0.15, 0.2) is 30.3 Å². The Balaban J connectivity index is 0.000000262. The molecule has 0 saturated carbocycles. The van der Waals surface area contributed by atoms with Crippen LogP contribution in [0.3, 0.4) is 0 Å². The van der Waals surface area contributed by atoms with E-state index in [0.717, 1.165) is 6.42 Å². The van der Waals surface area contributed by atoms with E-state index in [-0.39, 0.29) is 5.92 Å². The van der Waals surface area contributed by atoms with Crippen molar-refractivity contribution in [3.8, 4) is 5.75 Å². The van der Waals surface area contributed by atoms with Gasteiger partial charge in [0.1, 0.15) is 11.5 Å². The Kier molecular flexibility index (Phi) is 7.33. The predicted octanol–water partition coefficient (Wildman–Crippen LogP) is 3.40. The second-order valence-electron chi connectivity index (χ2n) is 3.46. The van der Waals surface area contributed by atoms with Gasteiger partial charge in [0, 0.05) is 12.3 Å². The number of hydrogen-bond donors (Lipinski definition) is 1. The van der Waals surface area contributed by atoms with Gasteiger partial charge >= 0.3 is 0 Å². The van der Waals surface area contributed by atoms with Crippen molar-refractivity contribution < 1.29 is 9.90 Å². The first-order valence-corrected chi connectivity index (χ1v) is 5.38. The number of carbonyl (C=O) groups is 1. The van der Waals surface area contributed by atoms with Gasteiger partial charge in [-0.05, 0) is 18.6 Å². The highest BCUT2D eigenvalue weighted by molar-refractivity contribution is 5.80. The van der Waals surface area contributed by atoms with E-state index in [1.807, 2.05) is 26.8 Å². The number of phenolic OH excluding ortho intramolecular Hbond substituents is 1. The summed E-state index contributed by atoms with van der Waals surface area (Å²) >= 11 is 0. The van der Waals surface area contributed by atoms with E-state index < -0.39 is 0 Å². The van der Waals surface area contributed by atoms with Crippen LogP contribution in [0.2, 0.25) is 0 Å². The first-order chi connectivity index (χ1) is 7.11. The monoisotopic (exact) mass is 208 g/mol. The Labute approximate surface area is 91.9 Å². The largest absolute Gasteiger partial charge is 0.508 e. The van der Waals surface area contributed by atoms with Gasteiger partial charge in [0.2, 0.25) is 0 Å². The summed E-state index contributed by atoms with van der Waals surface area (Å²) in [5.74, 6) is 0.981. The summed E-state index contributed by atoms with van der Waals surface area (Å²) < 4.78 is 0. The van der Waals surface area contributed by atoms with Crippen LogP contribution in [0.5, 0.6) is 5.75 Å². The minimum Gasteiger partial charge on any atom is -0.508 e. The highest BCUT2D eigenvalue weighted by Crippen LogP contribution is 2.03. The highest BCUT2D eigenvalue weighted by atomic mass is 16.3. The van der Waals surface area contributed by atoms with Crippen molar-refractivity contribution in [2.45, 2.75) is 33.6 Å². The number of para-hydroxylation sites is 1. The zero-order chi connectivity index (χ0) is 11.7. The standard InChI is InChI=1S/C7H14O.C6H6O/c1-4-6(3)7(8)5-2;7-6-4-2-1-3-5-6/h6H,4-5H2,1-3H3;1-5,7H. The second-order valence-corrected chi connectivity index (χ2v) is 3.46. The molecule has 1 aromatic carbocycles. The number of carbonyl (C=O) groups excluding carboxylic acids is 1. The van der Waals surface area contributed by atoms with Crippen molar-refractivity contribution in [2.75, 3.05) is 0 Å². The number of Topliss-reactive ketones (excluding diaryl/α,β-unsaturated/α-hetero) is 1. The van der Waals surface area contributed by atoms with Gasteiger partial charge < -0.3 is 5.11 Å². The zero-order valence-electron chi connectivity index (χ0n) is 9.73. The van der Waals surface area contributed by atoms with Crippen LogP contribution in [0, 0.1) is 5.92 Å². The van der Waals surface area contributed by atoms with E-state index in [2.05, 4.69) is 0 Å². The van der Waals surface area contributed by atoms with E-state index >= 15 is 0 Å². The Morgan fingerprint density at radius 1 is 1.27 bits per heavy atom. The molecule has 1 aromatic rings. The van der Waals surface area contributed by atoms with Gasteiger partial charge in [-0.1, -0.05) is 39.0 Å². The maximum atomic E-state index is 10.7. The topological polar surface area (TPSA) is 37.3 Å². The van der Waals surface area contributed by atoms with Gasteiger partial charge in [0.25, 0.3) is 0 Å². The fourth-order valence-electron chi connectivity index (χ4n) is 1.00. The third kappa shape index (κ3) is 6.72. The molecule has 0 heterocycles. The molecule has 0 amide bonds. The number of rotatable bonds is 3. The number of benzene rings is 1. The van der Waals surface area contributed by atoms with E-state index in [1.54, 1.807) is 24.3 Å². The summed E-state index contributed by atoms with van der Waals surface area (Å²) in [4.78, 5) is 10.7. The minimum absolute atomic E-state index is 0.278. The molecule has 2 heteroatoms. The van der Waals surface area contributed by atoms with Crippen LogP contribution in [0.25, 0.3) is 0 Å².